The molecule has 0 N–H and O–H groups in total. The molecule has 0 unspecified atom stereocenters. The van der Waals surface area contributed by atoms with Gasteiger partial charge in [-0.1, -0.05) is 0 Å². The van der Waals surface area contributed by atoms with Gasteiger partial charge in [-0.3, -0.25) is 0 Å². The van der Waals surface area contributed by atoms with E-state index in [1.54, 1.807) is 12.1 Å². The second-order valence-electron chi connectivity index (χ2n) is 7.08. The van der Waals surface area contributed by atoms with Crippen molar-refractivity contribution in [2.75, 3.05) is 0 Å². The fraction of sp³-hybridized carbons (Fsp3) is 0.389. The average molecular weight is 346 g/mol. The molecule has 1 nitrogen and oxygen atoms in total. The van der Waals surface area contributed by atoms with Crippen LogP contribution in [0.2, 0.25) is 17.3 Å². The van der Waals surface area contributed by atoms with Crippen molar-refractivity contribution >= 4 is 17.7 Å². The summed E-state index contributed by atoms with van der Waals surface area (Å²) in [4.78, 5) is 4.64. The molecule has 0 atom stereocenters. The van der Waals surface area contributed by atoms with Gasteiger partial charge in [0.2, 0.25) is 0 Å². The van der Waals surface area contributed by atoms with Gasteiger partial charge in [-0.15, -0.1) is 0 Å². The molecule has 2 aromatic rings. The third kappa shape index (κ3) is 4.16. The van der Waals surface area contributed by atoms with Gasteiger partial charge in [0.15, 0.2) is 0 Å². The van der Waals surface area contributed by atoms with Crippen molar-refractivity contribution < 1.29 is 4.39 Å². The van der Waals surface area contributed by atoms with Crippen LogP contribution in [0.3, 0.4) is 0 Å². The summed E-state index contributed by atoms with van der Waals surface area (Å²) in [6, 6.07) is 8.80. The molecule has 0 saturated heterocycles. The third-order valence-electron chi connectivity index (χ3n) is 3.57. The van der Waals surface area contributed by atoms with E-state index in [1.807, 2.05) is 0 Å². The van der Waals surface area contributed by atoms with E-state index in [9.17, 15) is 4.39 Å². The molecule has 0 spiro atoms. The molecule has 3 heteroatoms. The Morgan fingerprint density at radius 3 is 2.24 bits per heavy atom. The predicted molar refractivity (Wildman–Crippen MR) is 91.2 cm³/mol. The van der Waals surface area contributed by atoms with Crippen LogP contribution in [0.5, 0.6) is 0 Å². The molecule has 112 valence electrons. The Bertz CT molecular complexity index is 612. The summed E-state index contributed by atoms with van der Waals surface area (Å²) in [6.07, 6.45) is 3.14. The zero-order valence-corrected chi connectivity index (χ0v) is 15.7. The van der Waals surface area contributed by atoms with E-state index in [-0.39, 0.29) is 5.82 Å². The standard InChI is InChI=1S/C18H24FGeN/c1-13(2)10-15-11-18(14-6-8-16(19)9-7-14)21-12-17(15)20(3,4)5/h6-9,11-13H,10H2,1-5H3. The van der Waals surface area contributed by atoms with E-state index in [2.05, 4.69) is 48.4 Å². The topological polar surface area (TPSA) is 12.9 Å². The molecule has 21 heavy (non-hydrogen) atoms. The third-order valence-corrected chi connectivity index (χ3v) is 7.90. The summed E-state index contributed by atoms with van der Waals surface area (Å²) in [7, 11) is 0. The van der Waals surface area contributed by atoms with Gasteiger partial charge < -0.3 is 0 Å². The minimum atomic E-state index is -1.92. The molecule has 0 amide bonds. The van der Waals surface area contributed by atoms with Gasteiger partial charge in [0, 0.05) is 0 Å². The van der Waals surface area contributed by atoms with Crippen LogP contribution in [-0.2, 0) is 6.42 Å². The van der Waals surface area contributed by atoms with E-state index in [0.717, 1.165) is 17.7 Å². The molecule has 0 aliphatic heterocycles. The Labute approximate surface area is 130 Å². The van der Waals surface area contributed by atoms with Crippen molar-refractivity contribution in [2.45, 2.75) is 37.5 Å². The van der Waals surface area contributed by atoms with Gasteiger partial charge in [-0.05, 0) is 0 Å². The average Bonchev–Trinajstić information content (AvgIpc) is 2.37. The summed E-state index contributed by atoms with van der Waals surface area (Å²) in [5.41, 5.74) is 3.35. The molecular weight excluding hydrogens is 322 g/mol. The van der Waals surface area contributed by atoms with Crippen molar-refractivity contribution in [3.8, 4) is 11.3 Å². The van der Waals surface area contributed by atoms with Crippen LogP contribution >= 0.6 is 0 Å². The van der Waals surface area contributed by atoms with Crippen LogP contribution in [0.15, 0.2) is 36.5 Å². The minimum absolute atomic E-state index is 0.206. The van der Waals surface area contributed by atoms with Gasteiger partial charge in [-0.25, -0.2) is 0 Å². The second kappa shape index (κ2) is 6.31. The van der Waals surface area contributed by atoms with E-state index < -0.39 is 13.3 Å². The van der Waals surface area contributed by atoms with E-state index >= 15 is 0 Å². The van der Waals surface area contributed by atoms with Gasteiger partial charge in [-0.2, -0.15) is 0 Å². The molecule has 0 aliphatic carbocycles. The fourth-order valence-corrected chi connectivity index (χ4v) is 5.89. The second-order valence-corrected chi connectivity index (χ2v) is 17.7. The first-order chi connectivity index (χ1) is 9.77. The Kier molecular flexibility index (Phi) is 4.87. The first kappa shape index (κ1) is 16.2. The van der Waals surface area contributed by atoms with Crippen molar-refractivity contribution in [2.24, 2.45) is 5.92 Å². The first-order valence-electron chi connectivity index (χ1n) is 7.52. The monoisotopic (exact) mass is 347 g/mol. The maximum atomic E-state index is 13.1. The first-order valence-corrected chi connectivity index (χ1v) is 14.9. The molecular formula is C18H24FGeN. The van der Waals surface area contributed by atoms with Gasteiger partial charge in [0.05, 0.1) is 0 Å². The summed E-state index contributed by atoms with van der Waals surface area (Å²) in [6.45, 7) is 4.49. The SMILES string of the molecule is CC(C)Cc1cc(-c2ccc(F)cc2)nc[c]1[Ge]([CH3])([CH3])[CH3]. The molecule has 0 bridgehead atoms. The molecule has 0 radical (unpaired) electrons. The zero-order valence-electron chi connectivity index (χ0n) is 13.6. The Balaban J connectivity index is 2.48. The van der Waals surface area contributed by atoms with E-state index in [1.165, 1.54) is 22.1 Å². The van der Waals surface area contributed by atoms with Crippen LogP contribution < -0.4 is 4.40 Å². The van der Waals surface area contributed by atoms with Crippen molar-refractivity contribution in [1.82, 2.24) is 4.98 Å². The van der Waals surface area contributed by atoms with Crippen LogP contribution in [0.1, 0.15) is 19.4 Å². The van der Waals surface area contributed by atoms with Crippen LogP contribution in [-0.4, -0.2) is 18.3 Å². The summed E-state index contributed by atoms with van der Waals surface area (Å²) in [5, 5.41) is 0. The van der Waals surface area contributed by atoms with Crippen molar-refractivity contribution in [3.63, 3.8) is 0 Å². The quantitative estimate of drug-likeness (QED) is 0.736. The number of nitrogens with zero attached hydrogens (tertiary/aromatic N) is 1. The number of rotatable bonds is 4. The number of aromatic nitrogens is 1. The molecule has 2 rings (SSSR count). The van der Waals surface area contributed by atoms with Crippen LogP contribution in [0.25, 0.3) is 11.3 Å². The van der Waals surface area contributed by atoms with E-state index in [0.29, 0.717) is 5.92 Å². The van der Waals surface area contributed by atoms with E-state index in [4.69, 9.17) is 0 Å². The molecule has 0 saturated carbocycles. The van der Waals surface area contributed by atoms with Gasteiger partial charge >= 0.3 is 130 Å². The van der Waals surface area contributed by atoms with Gasteiger partial charge in [0.1, 0.15) is 0 Å². The maximum absolute atomic E-state index is 13.1. The normalized spacial score (nSPS) is 12.0. The number of benzene rings is 1. The number of hydrogen-bond donors (Lipinski definition) is 0. The summed E-state index contributed by atoms with van der Waals surface area (Å²) in [5.74, 6) is 7.62. The van der Waals surface area contributed by atoms with Gasteiger partial charge in [0.25, 0.3) is 0 Å². The van der Waals surface area contributed by atoms with Crippen LogP contribution in [0, 0.1) is 11.7 Å². The zero-order chi connectivity index (χ0) is 15.6. The number of hydrogen-bond acceptors (Lipinski definition) is 1. The Hall–Kier alpha value is -1.16. The summed E-state index contributed by atoms with van der Waals surface area (Å²) < 4.78 is 14.5. The number of pyridine rings is 1. The van der Waals surface area contributed by atoms with Crippen molar-refractivity contribution in [1.29, 1.82) is 0 Å². The molecule has 0 fully saturated rings. The summed E-state index contributed by atoms with van der Waals surface area (Å²) >= 11 is -1.92. The van der Waals surface area contributed by atoms with Crippen molar-refractivity contribution in [3.05, 3.63) is 47.9 Å². The molecule has 0 aliphatic rings. The fourth-order valence-electron chi connectivity index (χ4n) is 2.56. The number of halogens is 1. The molecule has 1 aromatic heterocycles. The molecule has 1 heterocycles. The molecule has 1 aromatic carbocycles. The predicted octanol–water partition coefficient (Wildman–Crippen LogP) is 4.63. The van der Waals surface area contributed by atoms with Crippen LogP contribution in [0.4, 0.5) is 4.39 Å². The Morgan fingerprint density at radius 1 is 1.10 bits per heavy atom. The Morgan fingerprint density at radius 2 is 1.71 bits per heavy atom.